The third kappa shape index (κ3) is 3.00. The number of Topliss-reactive ketones (excluding diaryl/α,β-unsaturated/α-hetero) is 1. The largest absolute Gasteiger partial charge is 0.292 e. The summed E-state index contributed by atoms with van der Waals surface area (Å²) in [5.74, 6) is 2.61. The van der Waals surface area contributed by atoms with Gasteiger partial charge in [-0.3, -0.25) is 4.79 Å². The topological polar surface area (TPSA) is 30.0 Å². The second-order valence-corrected chi connectivity index (χ2v) is 3.79. The number of thiazole rings is 1. The average molecular weight is 193 g/mol. The first kappa shape index (κ1) is 9.94. The summed E-state index contributed by atoms with van der Waals surface area (Å²) in [7, 11) is 0. The minimum atomic E-state index is 0.0969. The van der Waals surface area contributed by atoms with E-state index in [0.717, 1.165) is 11.4 Å². The van der Waals surface area contributed by atoms with Gasteiger partial charge in [0.25, 0.3) is 0 Å². The van der Waals surface area contributed by atoms with Gasteiger partial charge in [-0.1, -0.05) is 0 Å². The number of hydrogen-bond acceptors (Lipinski definition) is 3. The third-order valence-electron chi connectivity index (χ3n) is 1.63. The predicted molar refractivity (Wildman–Crippen MR) is 53.9 cm³/mol. The number of hydrogen-bond donors (Lipinski definition) is 0. The Labute approximate surface area is 82.0 Å². The molecule has 0 bridgehead atoms. The normalized spacial score (nSPS) is 9.54. The van der Waals surface area contributed by atoms with Gasteiger partial charge in [-0.25, -0.2) is 4.98 Å². The zero-order valence-electron chi connectivity index (χ0n) is 7.54. The fourth-order valence-corrected chi connectivity index (χ4v) is 1.59. The van der Waals surface area contributed by atoms with Crippen molar-refractivity contribution in [1.29, 1.82) is 0 Å². The van der Waals surface area contributed by atoms with Crippen LogP contribution in [0.4, 0.5) is 0 Å². The predicted octanol–water partition coefficient (Wildman–Crippen LogP) is 2.44. The molecule has 2 nitrogen and oxygen atoms in total. The molecular weight excluding hydrogens is 182 g/mol. The summed E-state index contributed by atoms with van der Waals surface area (Å²) in [5, 5.41) is 2.73. The zero-order valence-corrected chi connectivity index (χ0v) is 8.36. The fourth-order valence-electron chi connectivity index (χ4n) is 0.971. The first-order valence-corrected chi connectivity index (χ1v) is 5.01. The summed E-state index contributed by atoms with van der Waals surface area (Å²) in [4.78, 5) is 15.5. The Hall–Kier alpha value is -1.14. The molecule has 1 heterocycles. The number of rotatable bonds is 4. The van der Waals surface area contributed by atoms with Crippen molar-refractivity contribution in [3.63, 3.8) is 0 Å². The summed E-state index contributed by atoms with van der Waals surface area (Å²) in [5.41, 5.74) is 0.583. The first-order valence-electron chi connectivity index (χ1n) is 4.13. The molecule has 0 atom stereocenters. The van der Waals surface area contributed by atoms with Crippen molar-refractivity contribution in [3.05, 3.63) is 16.1 Å². The second-order valence-electron chi connectivity index (χ2n) is 2.73. The third-order valence-corrected chi connectivity index (χ3v) is 2.40. The van der Waals surface area contributed by atoms with Crippen molar-refractivity contribution >= 4 is 17.1 Å². The van der Waals surface area contributed by atoms with E-state index in [1.165, 1.54) is 11.3 Å². The molecule has 1 aromatic rings. The molecule has 0 radical (unpaired) electrons. The van der Waals surface area contributed by atoms with E-state index < -0.39 is 0 Å². The molecule has 0 unspecified atom stereocenters. The number of nitrogens with zero attached hydrogens (tertiary/aromatic N) is 1. The number of aryl methyl sites for hydroxylation is 1. The van der Waals surface area contributed by atoms with Crippen LogP contribution in [-0.2, 0) is 0 Å². The highest BCUT2D eigenvalue weighted by atomic mass is 32.1. The molecule has 0 spiro atoms. The Balaban J connectivity index is 2.45. The molecule has 0 amide bonds. The van der Waals surface area contributed by atoms with Crippen LogP contribution >= 0.6 is 11.3 Å². The summed E-state index contributed by atoms with van der Waals surface area (Å²) >= 11 is 1.50. The van der Waals surface area contributed by atoms with E-state index in [4.69, 9.17) is 6.42 Å². The number of carbonyl (C=O) groups is 1. The Morgan fingerprint density at radius 3 is 3.08 bits per heavy atom. The molecule has 0 aromatic carbocycles. The van der Waals surface area contributed by atoms with Gasteiger partial charge >= 0.3 is 0 Å². The fraction of sp³-hybridized carbons (Fsp3) is 0.400. The van der Waals surface area contributed by atoms with Crippen LogP contribution in [0.15, 0.2) is 5.38 Å². The van der Waals surface area contributed by atoms with Crippen LogP contribution < -0.4 is 0 Å². The van der Waals surface area contributed by atoms with Crippen LogP contribution in [0.1, 0.15) is 34.8 Å². The summed E-state index contributed by atoms with van der Waals surface area (Å²) in [6, 6.07) is 0. The maximum atomic E-state index is 11.4. The SMILES string of the molecule is C#CCCCC(=O)c1csc(C)n1. The highest BCUT2D eigenvalue weighted by molar-refractivity contribution is 7.09. The van der Waals surface area contributed by atoms with Crippen LogP contribution in [0.5, 0.6) is 0 Å². The highest BCUT2D eigenvalue weighted by Gasteiger charge is 2.07. The van der Waals surface area contributed by atoms with Crippen molar-refractivity contribution in [3.8, 4) is 12.3 Å². The minimum Gasteiger partial charge on any atom is -0.292 e. The Bertz CT molecular complexity index is 335. The van der Waals surface area contributed by atoms with Crippen LogP contribution in [0.2, 0.25) is 0 Å². The number of unbranched alkanes of at least 4 members (excludes halogenated alkanes) is 1. The van der Waals surface area contributed by atoms with Gasteiger partial charge in [0.15, 0.2) is 5.78 Å². The molecule has 0 aliphatic heterocycles. The van der Waals surface area contributed by atoms with Gasteiger partial charge in [0.1, 0.15) is 5.69 Å². The summed E-state index contributed by atoms with van der Waals surface area (Å²) in [6.45, 7) is 1.89. The molecule has 0 aliphatic rings. The van der Waals surface area contributed by atoms with Crippen LogP contribution in [0.3, 0.4) is 0 Å². The molecule has 13 heavy (non-hydrogen) atoms. The number of ketones is 1. The van der Waals surface area contributed by atoms with Crippen molar-refractivity contribution in [2.45, 2.75) is 26.2 Å². The van der Waals surface area contributed by atoms with Gasteiger partial charge in [-0.15, -0.1) is 23.7 Å². The van der Waals surface area contributed by atoms with E-state index >= 15 is 0 Å². The van der Waals surface area contributed by atoms with E-state index in [1.54, 1.807) is 5.38 Å². The van der Waals surface area contributed by atoms with Gasteiger partial charge in [0, 0.05) is 18.2 Å². The Morgan fingerprint density at radius 1 is 1.77 bits per heavy atom. The Morgan fingerprint density at radius 2 is 2.54 bits per heavy atom. The molecular formula is C10H11NOS. The second kappa shape index (κ2) is 4.78. The molecule has 1 aromatic heterocycles. The lowest BCUT2D eigenvalue weighted by Crippen LogP contribution is -1.98. The quantitative estimate of drug-likeness (QED) is 0.417. The lowest BCUT2D eigenvalue weighted by atomic mass is 10.1. The molecule has 0 saturated carbocycles. The standard InChI is InChI=1S/C10H11NOS/c1-3-4-5-6-10(12)9-7-13-8(2)11-9/h1,7H,4-6H2,2H3. The van der Waals surface area contributed by atoms with Crippen molar-refractivity contribution in [1.82, 2.24) is 4.98 Å². The van der Waals surface area contributed by atoms with E-state index in [2.05, 4.69) is 10.9 Å². The first-order chi connectivity index (χ1) is 6.24. The van der Waals surface area contributed by atoms with Gasteiger partial charge in [0.2, 0.25) is 0 Å². The van der Waals surface area contributed by atoms with Crippen LogP contribution in [0, 0.1) is 19.3 Å². The van der Waals surface area contributed by atoms with Crippen LogP contribution in [0.25, 0.3) is 0 Å². The van der Waals surface area contributed by atoms with Gasteiger partial charge in [-0.05, 0) is 13.3 Å². The summed E-state index contributed by atoms with van der Waals surface area (Å²) < 4.78 is 0. The molecule has 3 heteroatoms. The smallest absolute Gasteiger partial charge is 0.182 e. The molecule has 68 valence electrons. The average Bonchev–Trinajstić information content (AvgIpc) is 2.52. The maximum Gasteiger partial charge on any atom is 0.182 e. The van der Waals surface area contributed by atoms with Crippen molar-refractivity contribution < 1.29 is 4.79 Å². The van der Waals surface area contributed by atoms with Gasteiger partial charge in [0.05, 0.1) is 5.01 Å². The van der Waals surface area contributed by atoms with Crippen LogP contribution in [-0.4, -0.2) is 10.8 Å². The molecule has 0 N–H and O–H groups in total. The van der Waals surface area contributed by atoms with Crippen molar-refractivity contribution in [2.24, 2.45) is 0 Å². The van der Waals surface area contributed by atoms with Gasteiger partial charge in [-0.2, -0.15) is 0 Å². The van der Waals surface area contributed by atoms with E-state index in [-0.39, 0.29) is 5.78 Å². The Kier molecular flexibility index (Phi) is 3.66. The van der Waals surface area contributed by atoms with Gasteiger partial charge < -0.3 is 0 Å². The number of aromatic nitrogens is 1. The maximum absolute atomic E-state index is 11.4. The lowest BCUT2D eigenvalue weighted by Gasteiger charge is -1.93. The lowest BCUT2D eigenvalue weighted by molar-refractivity contribution is 0.0976. The zero-order chi connectivity index (χ0) is 9.68. The number of carbonyl (C=O) groups excluding carboxylic acids is 1. The van der Waals surface area contributed by atoms with E-state index in [9.17, 15) is 4.79 Å². The van der Waals surface area contributed by atoms with Crippen molar-refractivity contribution in [2.75, 3.05) is 0 Å². The molecule has 0 fully saturated rings. The molecule has 1 rings (SSSR count). The number of terminal acetylenes is 1. The minimum absolute atomic E-state index is 0.0969. The molecule has 0 saturated heterocycles. The summed E-state index contributed by atoms with van der Waals surface area (Å²) in [6.07, 6.45) is 7.01. The monoisotopic (exact) mass is 193 g/mol. The van der Waals surface area contributed by atoms with E-state index in [1.807, 2.05) is 6.92 Å². The highest BCUT2D eigenvalue weighted by Crippen LogP contribution is 2.11. The van der Waals surface area contributed by atoms with E-state index in [0.29, 0.717) is 18.5 Å². The molecule has 0 aliphatic carbocycles.